The second kappa shape index (κ2) is 9.32. The summed E-state index contributed by atoms with van der Waals surface area (Å²) in [6, 6.07) is 0.101. The molecule has 1 amide bonds. The van der Waals surface area contributed by atoms with Crippen LogP contribution in [0.5, 0.6) is 0 Å². The molecule has 2 atom stereocenters. The van der Waals surface area contributed by atoms with E-state index in [1.165, 1.54) is 19.3 Å². The predicted molar refractivity (Wildman–Crippen MR) is 76.0 cm³/mol. The molecule has 1 aliphatic carbocycles. The van der Waals surface area contributed by atoms with Crippen molar-refractivity contribution >= 4 is 5.91 Å². The average Bonchev–Trinajstić information content (AvgIpc) is 2.43. The fourth-order valence-electron chi connectivity index (χ4n) is 2.58. The third-order valence-corrected chi connectivity index (χ3v) is 3.76. The zero-order chi connectivity index (χ0) is 14.1. The number of aliphatic hydroxyl groups excluding tert-OH is 1. The summed E-state index contributed by atoms with van der Waals surface area (Å²) in [5, 5.41) is 11.8. The van der Waals surface area contributed by atoms with Crippen molar-refractivity contribution in [1.29, 1.82) is 0 Å². The van der Waals surface area contributed by atoms with Gasteiger partial charge in [-0.2, -0.15) is 0 Å². The van der Waals surface area contributed by atoms with E-state index in [0.29, 0.717) is 0 Å². The molecule has 0 radical (unpaired) electrons. The van der Waals surface area contributed by atoms with Crippen molar-refractivity contribution in [2.45, 2.75) is 83.5 Å². The highest BCUT2D eigenvalue weighted by Crippen LogP contribution is 2.22. The highest BCUT2D eigenvalue weighted by molar-refractivity contribution is 5.80. The zero-order valence-corrected chi connectivity index (χ0v) is 12.4. The first-order valence-electron chi connectivity index (χ1n) is 7.74. The minimum atomic E-state index is -0.320. The smallest absolute Gasteiger partial charge is 0.249 e. The van der Waals surface area contributed by atoms with Gasteiger partial charge < -0.3 is 15.2 Å². The molecule has 0 aromatic rings. The lowest BCUT2D eigenvalue weighted by atomic mass is 9.97. The van der Waals surface area contributed by atoms with Gasteiger partial charge >= 0.3 is 0 Å². The van der Waals surface area contributed by atoms with Gasteiger partial charge in [0.25, 0.3) is 0 Å². The summed E-state index contributed by atoms with van der Waals surface area (Å²) in [7, 11) is 0. The van der Waals surface area contributed by atoms with E-state index in [1.54, 1.807) is 0 Å². The number of carbonyl (C=O) groups is 1. The molecular weight excluding hydrogens is 242 g/mol. The molecule has 2 unspecified atom stereocenters. The van der Waals surface area contributed by atoms with Gasteiger partial charge in [-0.3, -0.25) is 4.79 Å². The number of amides is 1. The van der Waals surface area contributed by atoms with Gasteiger partial charge in [0, 0.05) is 12.6 Å². The van der Waals surface area contributed by atoms with Gasteiger partial charge in [-0.25, -0.2) is 0 Å². The van der Waals surface area contributed by atoms with Gasteiger partial charge in [-0.1, -0.05) is 26.2 Å². The first-order chi connectivity index (χ1) is 9.17. The number of ether oxygens (including phenoxy) is 1. The molecule has 1 rings (SSSR count). The maximum atomic E-state index is 12.1. The minimum Gasteiger partial charge on any atom is -0.396 e. The summed E-state index contributed by atoms with van der Waals surface area (Å²) in [6.07, 6.45) is 8.09. The summed E-state index contributed by atoms with van der Waals surface area (Å²) in [6.45, 7) is 4.14. The Morgan fingerprint density at radius 3 is 2.63 bits per heavy atom. The third-order valence-electron chi connectivity index (χ3n) is 3.76. The first-order valence-corrected chi connectivity index (χ1v) is 7.74. The van der Waals surface area contributed by atoms with Crippen LogP contribution in [0.2, 0.25) is 0 Å². The van der Waals surface area contributed by atoms with Gasteiger partial charge in [-0.15, -0.1) is 0 Å². The van der Waals surface area contributed by atoms with Crippen LogP contribution in [0.1, 0.15) is 65.2 Å². The monoisotopic (exact) mass is 271 g/mol. The Morgan fingerprint density at radius 1 is 1.37 bits per heavy atom. The molecule has 0 aromatic heterocycles. The van der Waals surface area contributed by atoms with Gasteiger partial charge in [0.05, 0.1) is 6.10 Å². The van der Waals surface area contributed by atoms with Crippen LogP contribution < -0.4 is 5.32 Å². The van der Waals surface area contributed by atoms with E-state index in [2.05, 4.69) is 5.32 Å². The van der Waals surface area contributed by atoms with Crippen LogP contribution >= 0.6 is 0 Å². The third kappa shape index (κ3) is 6.39. The summed E-state index contributed by atoms with van der Waals surface area (Å²) >= 11 is 0. The van der Waals surface area contributed by atoms with Crippen molar-refractivity contribution < 1.29 is 14.6 Å². The maximum Gasteiger partial charge on any atom is 0.249 e. The predicted octanol–water partition coefficient (Wildman–Crippen LogP) is 2.39. The van der Waals surface area contributed by atoms with Gasteiger partial charge in [0.2, 0.25) is 5.91 Å². The zero-order valence-electron chi connectivity index (χ0n) is 12.4. The van der Waals surface area contributed by atoms with E-state index in [-0.39, 0.29) is 30.8 Å². The van der Waals surface area contributed by atoms with Crippen LogP contribution in [0.3, 0.4) is 0 Å². The molecule has 4 heteroatoms. The highest BCUT2D eigenvalue weighted by Gasteiger charge is 2.24. The lowest BCUT2D eigenvalue weighted by molar-refractivity contribution is -0.139. The molecular formula is C15H29NO3. The minimum absolute atomic E-state index is 0.00138. The van der Waals surface area contributed by atoms with E-state index < -0.39 is 0 Å². The lowest BCUT2D eigenvalue weighted by Crippen LogP contribution is -2.42. The molecule has 4 nitrogen and oxygen atoms in total. The summed E-state index contributed by atoms with van der Waals surface area (Å²) < 4.78 is 5.95. The van der Waals surface area contributed by atoms with Crippen LogP contribution in [-0.4, -0.2) is 35.9 Å². The van der Waals surface area contributed by atoms with E-state index in [9.17, 15) is 4.79 Å². The number of nitrogens with one attached hydrogen (secondary N) is 1. The van der Waals surface area contributed by atoms with Crippen LogP contribution in [0.25, 0.3) is 0 Å². The quantitative estimate of drug-likeness (QED) is 0.712. The Hall–Kier alpha value is -0.610. The topological polar surface area (TPSA) is 58.6 Å². The van der Waals surface area contributed by atoms with Crippen molar-refractivity contribution in [2.75, 3.05) is 6.61 Å². The molecule has 0 aliphatic heterocycles. The van der Waals surface area contributed by atoms with Crippen molar-refractivity contribution in [3.63, 3.8) is 0 Å². The summed E-state index contributed by atoms with van der Waals surface area (Å²) in [5.74, 6) is -0.00138. The highest BCUT2D eigenvalue weighted by atomic mass is 16.5. The van der Waals surface area contributed by atoms with Gasteiger partial charge in [0.15, 0.2) is 0 Å². The molecule has 0 saturated heterocycles. The normalized spacial score (nSPS) is 19.9. The Balaban J connectivity index is 2.33. The van der Waals surface area contributed by atoms with Crippen LogP contribution in [0, 0.1) is 0 Å². The lowest BCUT2D eigenvalue weighted by Gasteiger charge is -2.27. The van der Waals surface area contributed by atoms with Gasteiger partial charge in [-0.05, 0) is 39.0 Å². The fourth-order valence-corrected chi connectivity index (χ4v) is 2.58. The number of aliphatic hydroxyl groups is 1. The molecule has 0 bridgehead atoms. The molecule has 2 N–H and O–H groups in total. The summed E-state index contributed by atoms with van der Waals surface area (Å²) in [5.41, 5.74) is 0. The first kappa shape index (κ1) is 16.4. The van der Waals surface area contributed by atoms with E-state index >= 15 is 0 Å². The Morgan fingerprint density at radius 2 is 2.05 bits per heavy atom. The van der Waals surface area contributed by atoms with E-state index in [4.69, 9.17) is 9.84 Å². The number of hydrogen-bond donors (Lipinski definition) is 2. The molecule has 112 valence electrons. The van der Waals surface area contributed by atoms with Crippen molar-refractivity contribution in [3.8, 4) is 0 Å². The maximum absolute atomic E-state index is 12.1. The van der Waals surface area contributed by atoms with Crippen LogP contribution in [0.15, 0.2) is 0 Å². The van der Waals surface area contributed by atoms with Crippen LogP contribution in [-0.2, 0) is 9.53 Å². The second-order valence-electron chi connectivity index (χ2n) is 5.57. The largest absolute Gasteiger partial charge is 0.396 e. The van der Waals surface area contributed by atoms with Crippen molar-refractivity contribution in [2.24, 2.45) is 0 Å². The van der Waals surface area contributed by atoms with Crippen molar-refractivity contribution in [1.82, 2.24) is 5.32 Å². The Bertz CT molecular complexity index is 252. The number of carbonyl (C=O) groups excluding carboxylic acids is 1. The van der Waals surface area contributed by atoms with E-state index in [0.717, 1.165) is 32.1 Å². The molecule has 1 fully saturated rings. The standard InChI is InChI=1S/C15H29NO3/c1-3-14(19-13-9-5-4-6-10-13)15(18)16-12(2)8-7-11-17/h12-14,17H,3-11H2,1-2H3,(H,16,18). The van der Waals surface area contributed by atoms with Crippen molar-refractivity contribution in [3.05, 3.63) is 0 Å². The average molecular weight is 271 g/mol. The number of rotatable bonds is 8. The van der Waals surface area contributed by atoms with Crippen LogP contribution in [0.4, 0.5) is 0 Å². The summed E-state index contributed by atoms with van der Waals surface area (Å²) in [4.78, 5) is 12.1. The molecule has 0 heterocycles. The Kier molecular flexibility index (Phi) is 8.07. The molecule has 19 heavy (non-hydrogen) atoms. The Labute approximate surface area is 116 Å². The molecule has 1 aliphatic rings. The van der Waals surface area contributed by atoms with E-state index in [1.807, 2.05) is 13.8 Å². The van der Waals surface area contributed by atoms with Gasteiger partial charge in [0.1, 0.15) is 6.10 Å². The SMILES string of the molecule is CCC(OC1CCCCC1)C(=O)NC(C)CCCO. The fraction of sp³-hybridized carbons (Fsp3) is 0.933. The second-order valence-corrected chi connectivity index (χ2v) is 5.57. The molecule has 0 spiro atoms. The molecule has 0 aromatic carbocycles. The number of hydrogen-bond acceptors (Lipinski definition) is 3. The molecule has 1 saturated carbocycles.